The number of hydrogen-bond donors (Lipinski definition) is 0. The summed E-state index contributed by atoms with van der Waals surface area (Å²) in [5.74, 6) is 0. The molecule has 7 radical (unpaired) electrons. The van der Waals surface area contributed by atoms with Crippen LogP contribution >= 0.6 is 14.5 Å². The first-order valence-electron chi connectivity index (χ1n) is 3.72. The Morgan fingerprint density at radius 3 is 2.15 bits per heavy atom. The molecular formula is C3H8B5O3P2. The van der Waals surface area contributed by atoms with Crippen molar-refractivity contribution >= 4 is 50.8 Å². The van der Waals surface area contributed by atoms with E-state index < -0.39 is 20.7 Å². The highest BCUT2D eigenvalue weighted by Crippen LogP contribution is 2.60. The predicted octanol–water partition coefficient (Wildman–Crippen LogP) is 0.233. The lowest BCUT2D eigenvalue weighted by Crippen LogP contribution is -2.16. The van der Waals surface area contributed by atoms with Crippen molar-refractivity contribution < 1.29 is 13.4 Å². The summed E-state index contributed by atoms with van der Waals surface area (Å²) in [6, 6.07) is 0. The van der Waals surface area contributed by atoms with Crippen LogP contribution in [0.2, 0.25) is 0 Å². The van der Waals surface area contributed by atoms with Crippen molar-refractivity contribution in [3.8, 4) is 0 Å². The minimum Gasteiger partial charge on any atom is -0.306 e. The molecule has 10 heteroatoms. The Hall–Kier alpha value is 0.745. The Bertz CT molecular complexity index is 241. The zero-order valence-corrected chi connectivity index (χ0v) is 9.50. The molecule has 0 aromatic heterocycles. The summed E-state index contributed by atoms with van der Waals surface area (Å²) < 4.78 is 28.0. The molecule has 0 aromatic carbocycles. The molecule has 13 heavy (non-hydrogen) atoms. The van der Waals surface area contributed by atoms with E-state index in [1.54, 1.807) is 6.92 Å². The first kappa shape index (κ1) is 13.7. The van der Waals surface area contributed by atoms with Gasteiger partial charge in [-0.1, -0.05) is 6.92 Å². The van der Waals surface area contributed by atoms with Crippen molar-refractivity contribution in [1.82, 2.24) is 0 Å². The summed E-state index contributed by atoms with van der Waals surface area (Å²) in [7, 11) is 9.15. The van der Waals surface area contributed by atoms with Gasteiger partial charge < -0.3 is 9.13 Å². The van der Waals surface area contributed by atoms with E-state index in [2.05, 4.69) is 0 Å². The summed E-state index contributed by atoms with van der Waals surface area (Å²) in [4.78, 5) is 0. The van der Waals surface area contributed by atoms with Gasteiger partial charge in [-0.25, -0.2) is 0 Å². The highest BCUT2D eigenvalue weighted by molar-refractivity contribution is 8.09. The van der Waals surface area contributed by atoms with E-state index in [0.29, 0.717) is 0 Å². The highest BCUT2D eigenvalue weighted by Gasteiger charge is 2.30. The highest BCUT2D eigenvalue weighted by atomic mass is 31.2. The van der Waals surface area contributed by atoms with Crippen LogP contribution in [0.25, 0.3) is 0 Å². The van der Waals surface area contributed by atoms with Crippen LogP contribution in [0, 0.1) is 0 Å². The molecule has 0 aliphatic rings. The third-order valence-electron chi connectivity index (χ3n) is 1.51. The molecule has 2 unspecified atom stereocenters. The summed E-state index contributed by atoms with van der Waals surface area (Å²) >= 11 is 0. The van der Waals surface area contributed by atoms with Gasteiger partial charge in [-0.2, -0.15) is 0 Å². The smallest absolute Gasteiger partial charge is 0.177 e. The van der Waals surface area contributed by atoms with Crippen LogP contribution in [0.1, 0.15) is 6.92 Å². The fourth-order valence-electron chi connectivity index (χ4n) is 0.519. The molecule has 0 fully saturated rings. The third-order valence-corrected chi connectivity index (χ3v) is 6.33. The van der Waals surface area contributed by atoms with Crippen LogP contribution < -0.4 is 0 Å². The molecule has 0 N–H and O–H groups in total. The zero-order valence-electron chi connectivity index (χ0n) is 7.71. The van der Waals surface area contributed by atoms with Gasteiger partial charge in [0.05, 0.1) is 0 Å². The second-order valence-electron chi connectivity index (χ2n) is 2.67. The van der Waals surface area contributed by atoms with Crippen molar-refractivity contribution in [2.45, 2.75) is 6.92 Å². The zero-order chi connectivity index (χ0) is 10.7. The first-order valence-corrected chi connectivity index (χ1v) is 7.74. The van der Waals surface area contributed by atoms with Gasteiger partial charge in [0.25, 0.3) is 0 Å². The van der Waals surface area contributed by atoms with E-state index in [4.69, 9.17) is 27.5 Å². The lowest BCUT2D eigenvalue weighted by atomic mass is 9.37. The summed E-state index contributed by atoms with van der Waals surface area (Å²) in [6.07, 6.45) is -0.957. The van der Waals surface area contributed by atoms with E-state index in [0.717, 1.165) is 6.89 Å². The van der Waals surface area contributed by atoms with Crippen molar-refractivity contribution in [3.05, 3.63) is 0 Å². The minimum atomic E-state index is -3.24. The molecule has 0 amide bonds. The Morgan fingerprint density at radius 2 is 1.92 bits per heavy atom. The largest absolute Gasteiger partial charge is 0.306 e. The fraction of sp³-hybridized carbons (Fsp3) is 1.00. The molecule has 0 aliphatic heterocycles. The lowest BCUT2D eigenvalue weighted by molar-refractivity contribution is 0.483. The molecule has 0 bridgehead atoms. The van der Waals surface area contributed by atoms with E-state index in [1.165, 1.54) is 6.66 Å². The van der Waals surface area contributed by atoms with Crippen LogP contribution in [0.15, 0.2) is 0 Å². The van der Waals surface area contributed by atoms with Gasteiger partial charge in [-0.05, 0) is 0 Å². The van der Waals surface area contributed by atoms with Gasteiger partial charge in [0.2, 0.25) is 0 Å². The lowest BCUT2D eigenvalue weighted by Gasteiger charge is -2.23. The molecule has 0 heterocycles. The Morgan fingerprint density at radius 1 is 1.46 bits per heavy atom. The van der Waals surface area contributed by atoms with Crippen LogP contribution in [0.3, 0.4) is 0 Å². The average Bonchev–Trinajstić information content (AvgIpc) is 2.03. The second-order valence-corrected chi connectivity index (χ2v) is 8.12. The van der Waals surface area contributed by atoms with Crippen LogP contribution in [0.5, 0.6) is 0 Å². The first-order chi connectivity index (χ1) is 5.77. The molecule has 0 aliphatic carbocycles. The summed E-state index contributed by atoms with van der Waals surface area (Å²) in [6.45, 7) is 3.78. The van der Waals surface area contributed by atoms with Crippen LogP contribution in [0.4, 0.5) is 0 Å². The maximum absolute atomic E-state index is 11.6. The summed E-state index contributed by atoms with van der Waals surface area (Å²) in [5.41, 5.74) is 0. The van der Waals surface area contributed by atoms with Crippen molar-refractivity contribution in [2.75, 3.05) is 12.8 Å². The molecule has 2 atom stereocenters. The Balaban J connectivity index is 4.60. The molecule has 0 aromatic rings. The Labute approximate surface area is 84.5 Å². The van der Waals surface area contributed by atoms with Crippen molar-refractivity contribution in [1.29, 1.82) is 0 Å². The van der Waals surface area contributed by atoms with Gasteiger partial charge in [0.1, 0.15) is 14.5 Å². The van der Waals surface area contributed by atoms with E-state index in [9.17, 15) is 9.13 Å². The molecule has 0 saturated heterocycles. The van der Waals surface area contributed by atoms with Crippen LogP contribution in [-0.2, 0) is 13.4 Å². The molecular weight excluding hydrogens is 200 g/mol. The van der Waals surface area contributed by atoms with Crippen molar-refractivity contribution in [3.63, 3.8) is 0 Å². The molecule has 0 spiro atoms. The van der Waals surface area contributed by atoms with Gasteiger partial charge in [-0.3, -0.25) is 4.31 Å². The predicted molar refractivity (Wildman–Crippen MR) is 61.5 cm³/mol. The summed E-state index contributed by atoms with van der Waals surface area (Å²) in [5, 5.41) is 0. The molecule has 3 nitrogen and oxygen atoms in total. The van der Waals surface area contributed by atoms with E-state index in [-0.39, 0.29) is 6.16 Å². The van der Waals surface area contributed by atoms with Crippen molar-refractivity contribution in [2.24, 2.45) is 0 Å². The number of rotatable bonds is 5. The van der Waals surface area contributed by atoms with Gasteiger partial charge >= 0.3 is 0 Å². The maximum atomic E-state index is 11.6. The van der Waals surface area contributed by atoms with Gasteiger partial charge in [-0.15, -0.1) is 0 Å². The fourth-order valence-corrected chi connectivity index (χ4v) is 4.04. The normalized spacial score (nSPS) is 19.8. The topological polar surface area (TPSA) is 43.4 Å². The second kappa shape index (κ2) is 5.00. The third kappa shape index (κ3) is 4.19. The molecule has 63 valence electrons. The van der Waals surface area contributed by atoms with E-state index >= 15 is 0 Å². The SMILES string of the molecule is [B][B]P(=O)(CC)OP(C)(=O)B([B])[B]. The molecule has 0 saturated carbocycles. The minimum absolute atomic E-state index is 0.175. The number of hydrogen-bond acceptors (Lipinski definition) is 3. The van der Waals surface area contributed by atoms with Gasteiger partial charge in [0, 0.05) is 36.0 Å². The Kier molecular flexibility index (Phi) is 5.29. The van der Waals surface area contributed by atoms with E-state index in [1.807, 2.05) is 0 Å². The standard InChI is InChI=1S/C3H8B5O3P2/c1-3-13(10,7-4)11-12(2,9)8(5)6/h3H2,1-2H3. The van der Waals surface area contributed by atoms with Gasteiger partial charge in [0.15, 0.2) is 13.1 Å². The maximum Gasteiger partial charge on any atom is 0.177 e. The monoisotopic (exact) mass is 209 g/mol. The average molecular weight is 208 g/mol. The van der Waals surface area contributed by atoms with Crippen LogP contribution in [-0.4, -0.2) is 49.1 Å². The molecule has 0 rings (SSSR count). The quantitative estimate of drug-likeness (QED) is 0.480.